The predicted molar refractivity (Wildman–Crippen MR) is 96.0 cm³/mol. The van der Waals surface area contributed by atoms with Crippen LogP contribution in [0.25, 0.3) is 0 Å². The molecule has 0 spiro atoms. The van der Waals surface area contributed by atoms with E-state index in [1.807, 2.05) is 0 Å². The lowest BCUT2D eigenvalue weighted by Crippen LogP contribution is -2.44. The molecule has 0 saturated heterocycles. The van der Waals surface area contributed by atoms with Crippen molar-refractivity contribution in [3.63, 3.8) is 0 Å². The van der Waals surface area contributed by atoms with Crippen LogP contribution in [0.2, 0.25) is 0 Å². The fourth-order valence-electron chi connectivity index (χ4n) is 3.52. The summed E-state index contributed by atoms with van der Waals surface area (Å²) in [7, 11) is -3.93. The van der Waals surface area contributed by atoms with Gasteiger partial charge in [-0.3, -0.25) is 9.59 Å². The van der Waals surface area contributed by atoms with Gasteiger partial charge in [-0.05, 0) is 39.3 Å². The molecule has 1 fully saturated rings. The van der Waals surface area contributed by atoms with Gasteiger partial charge in [-0.15, -0.1) is 0 Å². The smallest absolute Gasteiger partial charge is 0.313 e. The quantitative estimate of drug-likeness (QED) is 0.557. The van der Waals surface area contributed by atoms with Crippen LogP contribution in [0.15, 0.2) is 47.4 Å². The Morgan fingerprint density at radius 3 is 2.27 bits per heavy atom. The van der Waals surface area contributed by atoms with Gasteiger partial charge in [0, 0.05) is 0 Å². The molecule has 1 aliphatic carbocycles. The van der Waals surface area contributed by atoms with Crippen molar-refractivity contribution in [1.29, 1.82) is 0 Å². The Bertz CT molecular complexity index is 799. The van der Waals surface area contributed by atoms with E-state index in [4.69, 9.17) is 9.47 Å². The van der Waals surface area contributed by atoms with E-state index in [0.717, 1.165) is 0 Å². The second kappa shape index (κ2) is 7.61. The molecule has 1 aliphatic rings. The van der Waals surface area contributed by atoms with Crippen LogP contribution >= 0.6 is 0 Å². The molecule has 0 bridgehead atoms. The van der Waals surface area contributed by atoms with Crippen LogP contribution in [0.5, 0.6) is 0 Å². The van der Waals surface area contributed by atoms with E-state index in [1.54, 1.807) is 32.0 Å². The number of ether oxygens (including phenoxy) is 2. The largest absolute Gasteiger partial charge is 0.466 e. The lowest BCUT2D eigenvalue weighted by atomic mass is 9.79. The average Bonchev–Trinajstić information content (AvgIpc) is 2.88. The predicted octanol–water partition coefficient (Wildman–Crippen LogP) is 2.54. The lowest BCUT2D eigenvalue weighted by Gasteiger charge is -2.29. The van der Waals surface area contributed by atoms with Crippen molar-refractivity contribution in [1.82, 2.24) is 0 Å². The Morgan fingerprint density at radius 2 is 1.73 bits per heavy atom. The molecule has 26 heavy (non-hydrogen) atoms. The highest BCUT2D eigenvalue weighted by molar-refractivity contribution is 7.92. The first-order valence-corrected chi connectivity index (χ1v) is 10.0. The van der Waals surface area contributed by atoms with Crippen molar-refractivity contribution >= 4 is 21.8 Å². The maximum absolute atomic E-state index is 13.2. The van der Waals surface area contributed by atoms with E-state index in [2.05, 4.69) is 6.58 Å². The van der Waals surface area contributed by atoms with E-state index < -0.39 is 38.4 Å². The van der Waals surface area contributed by atoms with Gasteiger partial charge < -0.3 is 9.47 Å². The summed E-state index contributed by atoms with van der Waals surface area (Å²) >= 11 is 0. The van der Waals surface area contributed by atoms with Crippen LogP contribution < -0.4 is 0 Å². The number of carbonyl (C=O) groups excluding carboxylic acids is 2. The van der Waals surface area contributed by atoms with E-state index >= 15 is 0 Å². The number of benzene rings is 1. The Kier molecular flexibility index (Phi) is 5.91. The summed E-state index contributed by atoms with van der Waals surface area (Å²) in [4.78, 5) is 25.3. The first kappa shape index (κ1) is 20.2. The van der Waals surface area contributed by atoms with E-state index in [0.29, 0.717) is 5.57 Å². The second-order valence-corrected chi connectivity index (χ2v) is 8.55. The van der Waals surface area contributed by atoms with Crippen molar-refractivity contribution in [3.05, 3.63) is 42.5 Å². The molecule has 7 heteroatoms. The van der Waals surface area contributed by atoms with Crippen LogP contribution in [0.4, 0.5) is 0 Å². The highest BCUT2D eigenvalue weighted by Crippen LogP contribution is 2.51. The Balaban J connectivity index is 2.58. The van der Waals surface area contributed by atoms with Gasteiger partial charge in [0.05, 0.1) is 29.4 Å². The van der Waals surface area contributed by atoms with Gasteiger partial charge in [0.25, 0.3) is 0 Å². The topological polar surface area (TPSA) is 86.7 Å². The molecule has 2 rings (SSSR count). The van der Waals surface area contributed by atoms with E-state index in [-0.39, 0.29) is 24.5 Å². The number of hydrogen-bond acceptors (Lipinski definition) is 6. The van der Waals surface area contributed by atoms with Crippen molar-refractivity contribution < 1.29 is 27.5 Å². The molecule has 1 aromatic rings. The minimum absolute atomic E-state index is 0.0477. The fraction of sp³-hybridized carbons (Fsp3) is 0.474. The maximum Gasteiger partial charge on any atom is 0.313 e. The van der Waals surface area contributed by atoms with Crippen LogP contribution in [0.3, 0.4) is 0 Å². The van der Waals surface area contributed by atoms with Gasteiger partial charge in [-0.2, -0.15) is 0 Å². The number of sulfone groups is 1. The van der Waals surface area contributed by atoms with Gasteiger partial charge in [0.1, 0.15) is 5.25 Å². The normalized spacial score (nSPS) is 25.7. The van der Waals surface area contributed by atoms with Crippen LogP contribution in [-0.4, -0.2) is 38.8 Å². The molecule has 0 heterocycles. The zero-order chi connectivity index (χ0) is 19.5. The standard InChI is InChI=1S/C19H24O6S/c1-5-24-17(20)15-16(26(22,23)14-10-8-7-9-11-14)13(3)12-19(15,4)18(21)25-6-2/h7-11,15-16H,3,5-6,12H2,1-2,4H3/t15-,16-,19+/m1/s1. The summed E-state index contributed by atoms with van der Waals surface area (Å²) in [6.07, 6.45) is 0.0477. The average molecular weight is 380 g/mol. The van der Waals surface area contributed by atoms with Crippen LogP contribution in [-0.2, 0) is 28.9 Å². The third-order valence-corrected chi connectivity index (χ3v) is 6.88. The third kappa shape index (κ3) is 3.40. The zero-order valence-electron chi connectivity index (χ0n) is 15.2. The third-order valence-electron chi connectivity index (χ3n) is 4.67. The fourth-order valence-corrected chi connectivity index (χ4v) is 5.64. The Hall–Kier alpha value is -2.15. The molecule has 0 N–H and O–H groups in total. The molecule has 3 atom stereocenters. The molecule has 0 aliphatic heterocycles. The summed E-state index contributed by atoms with van der Waals surface area (Å²) < 4.78 is 36.6. The molecule has 142 valence electrons. The summed E-state index contributed by atoms with van der Waals surface area (Å²) in [5.74, 6) is -2.56. The van der Waals surface area contributed by atoms with Crippen molar-refractivity contribution in [2.24, 2.45) is 11.3 Å². The van der Waals surface area contributed by atoms with Crippen LogP contribution in [0.1, 0.15) is 27.2 Å². The number of hydrogen-bond donors (Lipinski definition) is 0. The first-order valence-electron chi connectivity index (χ1n) is 8.50. The summed E-state index contributed by atoms with van der Waals surface area (Å²) in [5.41, 5.74) is -1.03. The molecular weight excluding hydrogens is 356 g/mol. The van der Waals surface area contributed by atoms with Crippen molar-refractivity contribution in [2.45, 2.75) is 37.3 Å². The van der Waals surface area contributed by atoms with Crippen molar-refractivity contribution in [3.8, 4) is 0 Å². The SMILES string of the molecule is C=C1C[C@](C)(C(=O)OCC)[C@@H](C(=O)OCC)[C@@H]1S(=O)(=O)c1ccccc1. The molecular formula is C19H24O6S. The summed E-state index contributed by atoms with van der Waals surface area (Å²) in [6, 6.07) is 7.84. The van der Waals surface area contributed by atoms with E-state index in [1.165, 1.54) is 19.1 Å². The Morgan fingerprint density at radius 1 is 1.15 bits per heavy atom. The monoisotopic (exact) mass is 380 g/mol. The molecule has 0 unspecified atom stereocenters. The number of rotatable bonds is 6. The van der Waals surface area contributed by atoms with Gasteiger partial charge in [-0.25, -0.2) is 8.42 Å². The summed E-state index contributed by atoms with van der Waals surface area (Å²) in [5, 5.41) is -1.24. The molecule has 0 radical (unpaired) electrons. The lowest BCUT2D eigenvalue weighted by molar-refractivity contribution is -0.165. The molecule has 1 saturated carbocycles. The molecule has 1 aromatic carbocycles. The first-order chi connectivity index (χ1) is 12.2. The minimum atomic E-state index is -3.93. The number of esters is 2. The van der Waals surface area contributed by atoms with Gasteiger partial charge in [-0.1, -0.05) is 30.4 Å². The highest BCUT2D eigenvalue weighted by atomic mass is 32.2. The van der Waals surface area contributed by atoms with Gasteiger partial charge in [0.15, 0.2) is 9.84 Å². The van der Waals surface area contributed by atoms with E-state index in [9.17, 15) is 18.0 Å². The van der Waals surface area contributed by atoms with Crippen LogP contribution in [0, 0.1) is 11.3 Å². The van der Waals surface area contributed by atoms with Gasteiger partial charge in [0.2, 0.25) is 0 Å². The van der Waals surface area contributed by atoms with Gasteiger partial charge >= 0.3 is 11.9 Å². The molecule has 0 amide bonds. The highest BCUT2D eigenvalue weighted by Gasteiger charge is 2.61. The second-order valence-electron chi connectivity index (χ2n) is 6.48. The Labute approximate surface area is 154 Å². The molecule has 0 aromatic heterocycles. The minimum Gasteiger partial charge on any atom is -0.466 e. The molecule has 6 nitrogen and oxygen atoms in total. The zero-order valence-corrected chi connectivity index (χ0v) is 16.0. The summed E-state index contributed by atoms with van der Waals surface area (Å²) in [6.45, 7) is 8.90. The maximum atomic E-state index is 13.2. The van der Waals surface area contributed by atoms with Crippen molar-refractivity contribution in [2.75, 3.05) is 13.2 Å². The number of carbonyl (C=O) groups is 2.